The van der Waals surface area contributed by atoms with E-state index < -0.39 is 37.8 Å². The standard InChI is InChI=1S/C23H23N5O6/c1-21(2)22(3)12-13-23(21,20(30)24-16-6-4-5-7-17(16)28(33)34)19(29)18(22)26-25-14-8-10-15(11-9-14)27(31)32/h4-11,25H,12-13H2,1-3H3,(H,24,30). The molecule has 0 aliphatic heterocycles. The third kappa shape index (κ3) is 3.07. The number of fused-ring (bicyclic) bond motifs is 2. The van der Waals surface area contributed by atoms with E-state index in [4.69, 9.17) is 0 Å². The molecule has 0 saturated heterocycles. The van der Waals surface area contributed by atoms with Crippen LogP contribution in [-0.2, 0) is 9.59 Å². The number of hydrogen-bond acceptors (Lipinski definition) is 8. The van der Waals surface area contributed by atoms with Crippen LogP contribution in [0.4, 0.5) is 22.7 Å². The van der Waals surface area contributed by atoms with Crippen molar-refractivity contribution in [2.75, 3.05) is 10.7 Å². The fraction of sp³-hybridized carbons (Fsp3) is 0.348. The summed E-state index contributed by atoms with van der Waals surface area (Å²) in [5.41, 5.74) is 0.150. The third-order valence-electron chi connectivity index (χ3n) is 7.68. The zero-order chi connectivity index (χ0) is 24.9. The van der Waals surface area contributed by atoms with Gasteiger partial charge in [-0.1, -0.05) is 32.9 Å². The molecule has 0 heterocycles. The maximum absolute atomic E-state index is 13.7. The molecule has 2 saturated carbocycles. The van der Waals surface area contributed by atoms with Gasteiger partial charge in [0.05, 0.1) is 15.5 Å². The molecule has 34 heavy (non-hydrogen) atoms. The quantitative estimate of drug-likeness (QED) is 0.366. The Balaban J connectivity index is 1.67. The van der Waals surface area contributed by atoms with Gasteiger partial charge in [0.25, 0.3) is 11.4 Å². The van der Waals surface area contributed by atoms with Crippen LogP contribution in [0.5, 0.6) is 0 Å². The van der Waals surface area contributed by atoms with E-state index in [0.29, 0.717) is 18.5 Å². The number of Topliss-reactive ketones (excluding diaryl/α,β-unsaturated/α-hetero) is 1. The number of ketones is 1. The summed E-state index contributed by atoms with van der Waals surface area (Å²) in [4.78, 5) is 48.4. The van der Waals surface area contributed by atoms with Gasteiger partial charge in [-0.05, 0) is 36.5 Å². The molecular formula is C23H23N5O6. The lowest BCUT2D eigenvalue weighted by Crippen LogP contribution is -2.47. The summed E-state index contributed by atoms with van der Waals surface area (Å²) >= 11 is 0. The molecule has 11 heteroatoms. The molecule has 2 bridgehead atoms. The van der Waals surface area contributed by atoms with Crippen molar-refractivity contribution < 1.29 is 19.4 Å². The lowest BCUT2D eigenvalue weighted by Gasteiger charge is -2.37. The van der Waals surface area contributed by atoms with Gasteiger partial charge in [0, 0.05) is 23.6 Å². The number of hydrazone groups is 1. The van der Waals surface area contributed by atoms with Gasteiger partial charge in [-0.25, -0.2) is 0 Å². The molecule has 0 spiro atoms. The van der Waals surface area contributed by atoms with E-state index >= 15 is 0 Å². The zero-order valence-electron chi connectivity index (χ0n) is 18.8. The van der Waals surface area contributed by atoms with Gasteiger partial charge < -0.3 is 5.32 Å². The summed E-state index contributed by atoms with van der Waals surface area (Å²) in [7, 11) is 0. The minimum atomic E-state index is -1.44. The highest BCUT2D eigenvalue weighted by atomic mass is 16.6. The Kier molecular flexibility index (Phi) is 5.23. The molecule has 2 aromatic carbocycles. The highest BCUT2D eigenvalue weighted by Crippen LogP contribution is 2.69. The Morgan fingerprint density at radius 2 is 1.62 bits per heavy atom. The van der Waals surface area contributed by atoms with Crippen molar-refractivity contribution in [3.05, 3.63) is 68.8 Å². The maximum atomic E-state index is 13.7. The van der Waals surface area contributed by atoms with Crippen LogP contribution in [0.25, 0.3) is 0 Å². The Hall–Kier alpha value is -4.15. The highest BCUT2D eigenvalue weighted by Gasteiger charge is 2.76. The summed E-state index contributed by atoms with van der Waals surface area (Å²) < 4.78 is 0. The number of amides is 1. The normalized spacial score (nSPS) is 25.9. The molecule has 4 rings (SSSR count). The van der Waals surface area contributed by atoms with E-state index in [2.05, 4.69) is 15.8 Å². The van der Waals surface area contributed by atoms with Gasteiger partial charge in [-0.3, -0.25) is 35.2 Å². The van der Waals surface area contributed by atoms with Crippen molar-refractivity contribution in [3.8, 4) is 0 Å². The smallest absolute Gasteiger partial charge is 0.292 e. The molecule has 0 radical (unpaired) electrons. The van der Waals surface area contributed by atoms with Crippen LogP contribution >= 0.6 is 0 Å². The van der Waals surface area contributed by atoms with E-state index in [1.807, 2.05) is 20.8 Å². The number of nitrogens with zero attached hydrogens (tertiary/aromatic N) is 3. The number of nitro groups is 2. The molecule has 2 fully saturated rings. The van der Waals surface area contributed by atoms with Gasteiger partial charge in [0.15, 0.2) is 5.78 Å². The van der Waals surface area contributed by atoms with Crippen molar-refractivity contribution in [3.63, 3.8) is 0 Å². The number of carbonyl (C=O) groups excluding carboxylic acids is 2. The second-order valence-electron chi connectivity index (χ2n) is 9.30. The first-order chi connectivity index (χ1) is 16.0. The van der Waals surface area contributed by atoms with Crippen molar-refractivity contribution in [2.24, 2.45) is 21.3 Å². The van der Waals surface area contributed by atoms with Crippen LogP contribution in [0.2, 0.25) is 0 Å². The molecule has 2 N–H and O–H groups in total. The molecule has 11 nitrogen and oxygen atoms in total. The maximum Gasteiger partial charge on any atom is 0.292 e. The molecule has 2 aromatic rings. The second-order valence-corrected chi connectivity index (χ2v) is 9.30. The Bertz CT molecular complexity index is 1250. The molecular weight excluding hydrogens is 442 g/mol. The second kappa shape index (κ2) is 7.72. The minimum absolute atomic E-state index is 0.0264. The zero-order valence-corrected chi connectivity index (χ0v) is 18.8. The van der Waals surface area contributed by atoms with Gasteiger partial charge in [0.2, 0.25) is 5.91 Å². The van der Waals surface area contributed by atoms with Gasteiger partial charge in [0.1, 0.15) is 16.8 Å². The fourth-order valence-electron chi connectivity index (χ4n) is 5.22. The number of nitrogens with one attached hydrogen (secondary N) is 2. The minimum Gasteiger partial charge on any atom is -0.319 e. The Labute approximate surface area is 194 Å². The number of hydrogen-bond donors (Lipinski definition) is 2. The summed E-state index contributed by atoms with van der Waals surface area (Å²) in [6.45, 7) is 5.56. The van der Waals surface area contributed by atoms with Crippen LogP contribution in [0.15, 0.2) is 53.6 Å². The SMILES string of the molecule is CC12CCC(C(=O)Nc3ccccc3[N+](=O)[O-])(C(=O)C1=NNc1ccc([N+](=O)[O-])cc1)C2(C)C. The lowest BCUT2D eigenvalue weighted by molar-refractivity contribution is -0.384. The van der Waals surface area contributed by atoms with Crippen LogP contribution in [0, 0.1) is 36.5 Å². The molecule has 0 aromatic heterocycles. The van der Waals surface area contributed by atoms with Gasteiger partial charge in [-0.2, -0.15) is 5.10 Å². The van der Waals surface area contributed by atoms with E-state index in [1.54, 1.807) is 6.07 Å². The number of rotatable bonds is 6. The molecule has 2 aliphatic carbocycles. The van der Waals surface area contributed by atoms with Crippen molar-refractivity contribution in [2.45, 2.75) is 33.6 Å². The van der Waals surface area contributed by atoms with Gasteiger partial charge >= 0.3 is 0 Å². The summed E-state index contributed by atoms with van der Waals surface area (Å²) in [6.07, 6.45) is 0.815. The van der Waals surface area contributed by atoms with Crippen molar-refractivity contribution >= 4 is 40.2 Å². The lowest BCUT2D eigenvalue weighted by atomic mass is 9.64. The highest BCUT2D eigenvalue weighted by molar-refractivity contribution is 6.51. The average Bonchev–Trinajstić information content (AvgIpc) is 3.07. The Morgan fingerprint density at radius 1 is 0.971 bits per heavy atom. The summed E-state index contributed by atoms with van der Waals surface area (Å²) in [5.74, 6) is -1.03. The van der Waals surface area contributed by atoms with Crippen LogP contribution < -0.4 is 10.7 Å². The first-order valence-electron chi connectivity index (χ1n) is 10.6. The van der Waals surface area contributed by atoms with E-state index in [9.17, 15) is 29.8 Å². The molecule has 2 atom stereocenters. The molecule has 2 aliphatic rings. The predicted molar refractivity (Wildman–Crippen MR) is 124 cm³/mol. The van der Waals surface area contributed by atoms with Crippen molar-refractivity contribution in [1.82, 2.24) is 0 Å². The number of para-hydroxylation sites is 2. The number of benzene rings is 2. The number of carbonyl (C=O) groups is 2. The number of non-ortho nitro benzene ring substituents is 1. The van der Waals surface area contributed by atoms with Crippen LogP contribution in [0.3, 0.4) is 0 Å². The van der Waals surface area contributed by atoms with E-state index in [0.717, 1.165) is 0 Å². The predicted octanol–water partition coefficient (Wildman–Crippen LogP) is 4.31. The van der Waals surface area contributed by atoms with Crippen molar-refractivity contribution in [1.29, 1.82) is 0 Å². The Morgan fingerprint density at radius 3 is 2.24 bits per heavy atom. The first-order valence-corrected chi connectivity index (χ1v) is 10.6. The number of nitro benzene ring substituents is 2. The van der Waals surface area contributed by atoms with Gasteiger partial charge in [-0.15, -0.1) is 0 Å². The topological polar surface area (TPSA) is 157 Å². The van der Waals surface area contributed by atoms with E-state index in [-0.39, 0.29) is 22.8 Å². The molecule has 1 amide bonds. The average molecular weight is 465 g/mol. The third-order valence-corrected chi connectivity index (χ3v) is 7.68. The van der Waals surface area contributed by atoms with Crippen LogP contribution in [-0.4, -0.2) is 27.2 Å². The van der Waals surface area contributed by atoms with Crippen LogP contribution in [0.1, 0.15) is 33.6 Å². The molecule has 2 unspecified atom stereocenters. The molecule has 176 valence electrons. The summed E-state index contributed by atoms with van der Waals surface area (Å²) in [5, 5.41) is 29.2. The summed E-state index contributed by atoms with van der Waals surface area (Å²) in [6, 6.07) is 11.4. The fourth-order valence-corrected chi connectivity index (χ4v) is 5.22. The van der Waals surface area contributed by atoms with E-state index in [1.165, 1.54) is 42.5 Å². The monoisotopic (exact) mass is 465 g/mol. The number of anilines is 2. The first kappa shape index (κ1) is 23.0. The largest absolute Gasteiger partial charge is 0.319 e.